The first kappa shape index (κ1) is 28.1. The maximum absolute atomic E-state index is 10.5. The van der Waals surface area contributed by atoms with Crippen LogP contribution in [-0.4, -0.2) is 78.8 Å². The van der Waals surface area contributed by atoms with Gasteiger partial charge >= 0.3 is 0 Å². The lowest BCUT2D eigenvalue weighted by atomic mass is 10.00. The van der Waals surface area contributed by atoms with Gasteiger partial charge in [0, 0.05) is 32.2 Å². The van der Waals surface area contributed by atoms with Gasteiger partial charge in [0.25, 0.3) is 0 Å². The molecule has 0 aromatic heterocycles. The van der Waals surface area contributed by atoms with Crippen molar-refractivity contribution in [2.45, 2.75) is 65.6 Å². The van der Waals surface area contributed by atoms with Crippen molar-refractivity contribution >= 4 is 29.9 Å². The molecule has 2 rings (SSSR count). The van der Waals surface area contributed by atoms with E-state index in [1.165, 1.54) is 17.5 Å². The number of nitrogens with one attached hydrogen (secondary N) is 2. The highest BCUT2D eigenvalue weighted by molar-refractivity contribution is 14.0. The molecule has 3 N–H and O–H groups in total. The number of nitrogens with zero attached hydrogens (tertiary/aromatic N) is 3. The second kappa shape index (κ2) is 15.8. The van der Waals surface area contributed by atoms with Crippen molar-refractivity contribution in [1.29, 1.82) is 0 Å². The number of aliphatic hydroxyl groups excluding tert-OH is 1. The Balaban J connectivity index is 0.00000480. The van der Waals surface area contributed by atoms with Crippen LogP contribution in [0.5, 0.6) is 0 Å². The smallest absolute Gasteiger partial charge is 0.191 e. The summed E-state index contributed by atoms with van der Waals surface area (Å²) in [6, 6.07) is 8.97. The van der Waals surface area contributed by atoms with Crippen molar-refractivity contribution < 1.29 is 5.11 Å². The van der Waals surface area contributed by atoms with Crippen LogP contribution >= 0.6 is 24.0 Å². The number of rotatable bonds is 12. The van der Waals surface area contributed by atoms with E-state index in [-0.39, 0.29) is 24.0 Å². The molecule has 0 aliphatic carbocycles. The molecule has 1 heterocycles. The van der Waals surface area contributed by atoms with Crippen LogP contribution < -0.4 is 10.6 Å². The first-order chi connectivity index (χ1) is 14.5. The number of benzene rings is 1. The van der Waals surface area contributed by atoms with E-state index in [2.05, 4.69) is 77.4 Å². The number of fused-ring (bicyclic) bond motifs is 1. The van der Waals surface area contributed by atoms with Crippen LogP contribution in [0.15, 0.2) is 29.3 Å². The molecule has 1 aromatic rings. The minimum Gasteiger partial charge on any atom is -0.390 e. The van der Waals surface area contributed by atoms with Gasteiger partial charge in [-0.15, -0.1) is 24.0 Å². The molecule has 1 aliphatic rings. The molecule has 0 fully saturated rings. The molecule has 31 heavy (non-hydrogen) atoms. The summed E-state index contributed by atoms with van der Waals surface area (Å²) in [7, 11) is 0. The van der Waals surface area contributed by atoms with E-state index in [0.717, 1.165) is 58.1 Å². The molecule has 1 aliphatic heterocycles. The van der Waals surface area contributed by atoms with E-state index in [0.29, 0.717) is 19.1 Å². The highest BCUT2D eigenvalue weighted by Crippen LogP contribution is 2.18. The van der Waals surface area contributed by atoms with E-state index in [9.17, 15) is 5.11 Å². The summed E-state index contributed by atoms with van der Waals surface area (Å²) in [5.74, 6) is 0.802. The molecule has 0 saturated carbocycles. The van der Waals surface area contributed by atoms with Gasteiger partial charge in [0.15, 0.2) is 5.96 Å². The van der Waals surface area contributed by atoms with Gasteiger partial charge in [-0.2, -0.15) is 0 Å². The molecule has 0 bridgehead atoms. The predicted octanol–water partition coefficient (Wildman–Crippen LogP) is 3.09. The van der Waals surface area contributed by atoms with Gasteiger partial charge < -0.3 is 20.6 Å². The van der Waals surface area contributed by atoms with Gasteiger partial charge in [0.1, 0.15) is 0 Å². The van der Waals surface area contributed by atoms with Gasteiger partial charge in [-0.3, -0.25) is 9.89 Å². The summed E-state index contributed by atoms with van der Waals surface area (Å²) in [5, 5.41) is 17.4. The molecule has 6 nitrogen and oxygen atoms in total. The summed E-state index contributed by atoms with van der Waals surface area (Å²) < 4.78 is 0. The number of hydrogen-bond acceptors (Lipinski definition) is 4. The molecule has 2 atom stereocenters. The van der Waals surface area contributed by atoms with Gasteiger partial charge in [0.05, 0.1) is 12.6 Å². The average Bonchev–Trinajstić information content (AvgIpc) is 2.75. The minimum atomic E-state index is -0.455. The van der Waals surface area contributed by atoms with E-state index in [1.54, 1.807) is 0 Å². The van der Waals surface area contributed by atoms with Crippen molar-refractivity contribution in [3.63, 3.8) is 0 Å². The van der Waals surface area contributed by atoms with Crippen molar-refractivity contribution in [3.8, 4) is 0 Å². The first-order valence-electron chi connectivity index (χ1n) is 11.8. The maximum atomic E-state index is 10.5. The third-order valence-corrected chi connectivity index (χ3v) is 5.87. The van der Waals surface area contributed by atoms with Gasteiger partial charge in [-0.1, -0.05) is 38.1 Å². The summed E-state index contributed by atoms with van der Waals surface area (Å²) in [5.41, 5.74) is 2.82. The fraction of sp³-hybridized carbons (Fsp3) is 0.708. The lowest BCUT2D eigenvalue weighted by Crippen LogP contribution is -2.43. The van der Waals surface area contributed by atoms with Crippen molar-refractivity contribution in [1.82, 2.24) is 20.4 Å². The normalized spacial score (nSPS) is 16.4. The quantitative estimate of drug-likeness (QED) is 0.214. The van der Waals surface area contributed by atoms with E-state index >= 15 is 0 Å². The summed E-state index contributed by atoms with van der Waals surface area (Å²) in [6.45, 7) is 15.9. The van der Waals surface area contributed by atoms with Crippen molar-refractivity contribution in [2.75, 3.05) is 45.8 Å². The first-order valence-corrected chi connectivity index (χ1v) is 11.8. The lowest BCUT2D eigenvalue weighted by Gasteiger charge is -2.30. The zero-order valence-corrected chi connectivity index (χ0v) is 22.3. The molecule has 0 amide bonds. The fourth-order valence-electron chi connectivity index (χ4n) is 4.05. The molecule has 2 unspecified atom stereocenters. The molecule has 0 saturated heterocycles. The minimum absolute atomic E-state index is 0. The second-order valence-electron chi connectivity index (χ2n) is 8.34. The zero-order chi connectivity index (χ0) is 21.8. The molecule has 0 spiro atoms. The van der Waals surface area contributed by atoms with Crippen LogP contribution in [0.25, 0.3) is 0 Å². The Hall–Kier alpha value is -0.900. The molecule has 1 aromatic carbocycles. The highest BCUT2D eigenvalue weighted by atomic mass is 127. The van der Waals surface area contributed by atoms with Gasteiger partial charge in [-0.05, 0) is 63.9 Å². The summed E-state index contributed by atoms with van der Waals surface area (Å²) in [6.07, 6.45) is 2.88. The highest BCUT2D eigenvalue weighted by Gasteiger charge is 2.18. The Morgan fingerprint density at radius 2 is 1.90 bits per heavy atom. The van der Waals surface area contributed by atoms with E-state index < -0.39 is 6.10 Å². The van der Waals surface area contributed by atoms with Gasteiger partial charge in [0.2, 0.25) is 0 Å². The van der Waals surface area contributed by atoms with Gasteiger partial charge in [-0.25, -0.2) is 0 Å². The Morgan fingerprint density at radius 1 is 1.19 bits per heavy atom. The molecular weight excluding hydrogens is 501 g/mol. The lowest BCUT2D eigenvalue weighted by molar-refractivity contribution is 0.111. The predicted molar refractivity (Wildman–Crippen MR) is 142 cm³/mol. The third kappa shape index (κ3) is 10.5. The number of aliphatic hydroxyl groups is 1. The van der Waals surface area contributed by atoms with E-state index in [4.69, 9.17) is 0 Å². The molecule has 178 valence electrons. The Morgan fingerprint density at radius 3 is 2.58 bits per heavy atom. The van der Waals surface area contributed by atoms with Crippen LogP contribution in [0.2, 0.25) is 0 Å². The summed E-state index contributed by atoms with van der Waals surface area (Å²) in [4.78, 5) is 9.44. The maximum Gasteiger partial charge on any atom is 0.191 e. The number of guanidine groups is 1. The topological polar surface area (TPSA) is 63.1 Å². The Labute approximate surface area is 206 Å². The average molecular weight is 546 g/mol. The molecular formula is C24H44IN5O. The SMILES string of the molecule is CCNC(=NCC(O)CN1CCc2ccccc2C1)NC(C)CCCN(CC)CC.I. The largest absolute Gasteiger partial charge is 0.390 e. The fourth-order valence-corrected chi connectivity index (χ4v) is 4.05. The number of hydrogen-bond donors (Lipinski definition) is 3. The van der Waals surface area contributed by atoms with Crippen LogP contribution in [0, 0.1) is 0 Å². The third-order valence-electron chi connectivity index (χ3n) is 5.87. The zero-order valence-electron chi connectivity index (χ0n) is 19.9. The van der Waals surface area contributed by atoms with Crippen LogP contribution in [0.4, 0.5) is 0 Å². The Bertz CT molecular complexity index is 638. The van der Waals surface area contributed by atoms with E-state index in [1.807, 2.05) is 0 Å². The Kier molecular flexibility index (Phi) is 14.4. The molecule has 7 heteroatoms. The van der Waals surface area contributed by atoms with Crippen LogP contribution in [-0.2, 0) is 13.0 Å². The number of halogens is 1. The number of β-amino-alcohol motifs (C(OH)–C–C–N with tert-alkyl or cyclic N) is 1. The second-order valence-corrected chi connectivity index (χ2v) is 8.34. The van der Waals surface area contributed by atoms with Crippen LogP contribution in [0.1, 0.15) is 51.7 Å². The van der Waals surface area contributed by atoms with Crippen molar-refractivity contribution in [2.24, 2.45) is 4.99 Å². The summed E-state index contributed by atoms with van der Waals surface area (Å²) >= 11 is 0. The van der Waals surface area contributed by atoms with Crippen molar-refractivity contribution in [3.05, 3.63) is 35.4 Å². The molecule has 0 radical (unpaired) electrons. The van der Waals surface area contributed by atoms with Crippen LogP contribution in [0.3, 0.4) is 0 Å². The monoisotopic (exact) mass is 545 g/mol. The standard InChI is InChI=1S/C24H43N5O.HI/c1-5-25-24(27-20(4)11-10-15-28(6-2)7-3)26-17-23(30)19-29-16-14-21-12-8-9-13-22(21)18-29;/h8-9,12-13,20,23,30H,5-7,10-11,14-19H2,1-4H3,(H2,25,26,27);1H. The number of aliphatic imine (C=N–C) groups is 1.